The number of sulfonamides is 1. The maximum atomic E-state index is 12.3. The Kier molecular flexibility index (Phi) is 5.64. The van der Waals surface area contributed by atoms with E-state index in [9.17, 15) is 8.42 Å². The predicted octanol–water partition coefficient (Wildman–Crippen LogP) is 2.29. The Balaban J connectivity index is 0.00000162. The Morgan fingerprint density at radius 1 is 1.56 bits per heavy atom. The molecule has 1 saturated carbocycles. The molecular formula is C10H16BrClN2O2S2. The summed E-state index contributed by atoms with van der Waals surface area (Å²) in [5, 5.41) is 0. The smallest absolute Gasteiger partial charge is 0.252 e. The van der Waals surface area contributed by atoms with E-state index < -0.39 is 10.0 Å². The van der Waals surface area contributed by atoms with Crippen molar-refractivity contribution in [1.82, 2.24) is 4.31 Å². The van der Waals surface area contributed by atoms with Crippen LogP contribution in [-0.2, 0) is 10.0 Å². The van der Waals surface area contributed by atoms with Crippen LogP contribution in [0.4, 0.5) is 0 Å². The molecule has 2 N–H and O–H groups in total. The van der Waals surface area contributed by atoms with Crippen LogP contribution in [0.3, 0.4) is 0 Å². The van der Waals surface area contributed by atoms with Gasteiger partial charge in [0.15, 0.2) is 0 Å². The van der Waals surface area contributed by atoms with Gasteiger partial charge in [0.25, 0.3) is 10.0 Å². The highest BCUT2D eigenvalue weighted by Gasteiger charge is 2.38. The lowest BCUT2D eigenvalue weighted by atomic mass is 10.2. The van der Waals surface area contributed by atoms with Crippen molar-refractivity contribution in [2.24, 2.45) is 11.7 Å². The molecule has 104 valence electrons. The molecule has 1 aromatic rings. The molecule has 1 aliphatic carbocycles. The van der Waals surface area contributed by atoms with E-state index in [1.54, 1.807) is 19.2 Å². The van der Waals surface area contributed by atoms with Crippen LogP contribution in [0.2, 0.25) is 0 Å². The van der Waals surface area contributed by atoms with Crippen molar-refractivity contribution in [3.8, 4) is 0 Å². The molecule has 0 saturated heterocycles. The van der Waals surface area contributed by atoms with Gasteiger partial charge in [-0.05, 0) is 46.8 Å². The molecule has 0 radical (unpaired) electrons. The first-order chi connectivity index (χ1) is 7.96. The molecule has 0 amide bonds. The van der Waals surface area contributed by atoms with Gasteiger partial charge in [-0.2, -0.15) is 4.31 Å². The first kappa shape index (κ1) is 16.4. The summed E-state index contributed by atoms with van der Waals surface area (Å²) in [5.41, 5.74) is 5.68. The normalized spacial score (nSPS) is 17.6. The van der Waals surface area contributed by atoms with Gasteiger partial charge in [0, 0.05) is 19.6 Å². The lowest BCUT2D eigenvalue weighted by Gasteiger charge is -2.25. The highest BCUT2D eigenvalue weighted by Crippen LogP contribution is 2.37. The molecule has 1 fully saturated rings. The molecule has 1 heterocycles. The molecule has 0 bridgehead atoms. The molecule has 1 aromatic heterocycles. The number of hydrogen-bond donors (Lipinski definition) is 1. The molecule has 0 spiro atoms. The first-order valence-corrected chi connectivity index (χ1v) is 8.45. The van der Waals surface area contributed by atoms with Gasteiger partial charge in [-0.25, -0.2) is 8.42 Å². The Morgan fingerprint density at radius 3 is 2.56 bits per heavy atom. The minimum Gasteiger partial charge on any atom is -0.329 e. The number of hydrogen-bond acceptors (Lipinski definition) is 4. The van der Waals surface area contributed by atoms with Gasteiger partial charge >= 0.3 is 0 Å². The lowest BCUT2D eigenvalue weighted by molar-refractivity contribution is 0.341. The van der Waals surface area contributed by atoms with E-state index in [0.29, 0.717) is 16.7 Å². The summed E-state index contributed by atoms with van der Waals surface area (Å²) in [6.07, 6.45) is 2.16. The average Bonchev–Trinajstić information content (AvgIpc) is 3.01. The molecule has 4 nitrogen and oxygen atoms in total. The molecule has 0 aliphatic heterocycles. The van der Waals surface area contributed by atoms with Crippen molar-refractivity contribution in [1.29, 1.82) is 0 Å². The summed E-state index contributed by atoms with van der Waals surface area (Å²) in [6.45, 7) is 0.382. The Labute approximate surface area is 126 Å². The molecule has 2 rings (SSSR count). The van der Waals surface area contributed by atoms with E-state index in [2.05, 4.69) is 15.9 Å². The summed E-state index contributed by atoms with van der Waals surface area (Å²) in [5.74, 6) is 0.433. The van der Waals surface area contributed by atoms with Crippen molar-refractivity contribution in [2.75, 3.05) is 13.6 Å². The zero-order valence-corrected chi connectivity index (χ0v) is 13.9. The maximum absolute atomic E-state index is 12.3. The SMILES string of the molecule is CN(C(CN)C1CC1)S(=O)(=O)c1ccc(Br)s1.Cl. The standard InChI is InChI=1S/C10H15BrN2O2S2.ClH/c1-13(8(6-12)7-2-3-7)17(14,15)10-5-4-9(11)16-10;/h4-5,7-8H,2-3,6,12H2,1H3;1H. The number of nitrogens with zero attached hydrogens (tertiary/aromatic N) is 1. The number of nitrogens with two attached hydrogens (primary N) is 1. The second-order valence-electron chi connectivity index (χ2n) is 4.22. The third-order valence-electron chi connectivity index (χ3n) is 3.06. The quantitative estimate of drug-likeness (QED) is 0.859. The second-order valence-corrected chi connectivity index (χ2v) is 8.91. The molecule has 18 heavy (non-hydrogen) atoms. The van der Waals surface area contributed by atoms with Crippen LogP contribution < -0.4 is 5.73 Å². The average molecular weight is 376 g/mol. The largest absolute Gasteiger partial charge is 0.329 e. The van der Waals surface area contributed by atoms with Crippen molar-refractivity contribution in [2.45, 2.75) is 23.1 Å². The third-order valence-corrected chi connectivity index (χ3v) is 7.03. The Morgan fingerprint density at radius 2 is 2.17 bits per heavy atom. The monoisotopic (exact) mass is 374 g/mol. The minimum atomic E-state index is -3.39. The van der Waals surface area contributed by atoms with Crippen LogP contribution in [0.1, 0.15) is 12.8 Å². The van der Waals surface area contributed by atoms with E-state index in [0.717, 1.165) is 16.6 Å². The van der Waals surface area contributed by atoms with E-state index in [1.807, 2.05) is 0 Å². The second kappa shape index (κ2) is 6.19. The van der Waals surface area contributed by atoms with Gasteiger partial charge in [-0.1, -0.05) is 0 Å². The van der Waals surface area contributed by atoms with Gasteiger partial charge < -0.3 is 5.73 Å². The van der Waals surface area contributed by atoms with Crippen LogP contribution in [0.15, 0.2) is 20.1 Å². The van der Waals surface area contributed by atoms with Gasteiger partial charge in [-0.3, -0.25) is 0 Å². The highest BCUT2D eigenvalue weighted by atomic mass is 79.9. The topological polar surface area (TPSA) is 63.4 Å². The van der Waals surface area contributed by atoms with Gasteiger partial charge in [0.1, 0.15) is 4.21 Å². The fraction of sp³-hybridized carbons (Fsp3) is 0.600. The highest BCUT2D eigenvalue weighted by molar-refractivity contribution is 9.11. The summed E-state index contributed by atoms with van der Waals surface area (Å²) in [6, 6.07) is 3.31. The predicted molar refractivity (Wildman–Crippen MR) is 79.8 cm³/mol. The third kappa shape index (κ3) is 3.26. The Hall–Kier alpha value is 0.340. The molecule has 1 atom stereocenters. The molecule has 1 aliphatic rings. The van der Waals surface area contributed by atoms with Crippen LogP contribution in [-0.4, -0.2) is 32.4 Å². The fourth-order valence-corrected chi connectivity index (χ4v) is 5.50. The van der Waals surface area contributed by atoms with Crippen molar-refractivity contribution >= 4 is 49.7 Å². The van der Waals surface area contributed by atoms with Crippen LogP contribution in [0.5, 0.6) is 0 Å². The number of rotatable bonds is 5. The van der Waals surface area contributed by atoms with Gasteiger partial charge in [-0.15, -0.1) is 23.7 Å². The van der Waals surface area contributed by atoms with E-state index in [4.69, 9.17) is 5.73 Å². The first-order valence-electron chi connectivity index (χ1n) is 5.40. The molecular weight excluding hydrogens is 360 g/mol. The summed E-state index contributed by atoms with van der Waals surface area (Å²) in [4.78, 5) is 0. The van der Waals surface area contributed by atoms with E-state index in [1.165, 1.54) is 15.6 Å². The number of thiophene rings is 1. The number of likely N-dealkylation sites (N-methyl/N-ethyl adjacent to an activating group) is 1. The zero-order valence-electron chi connectivity index (χ0n) is 9.87. The van der Waals surface area contributed by atoms with E-state index >= 15 is 0 Å². The summed E-state index contributed by atoms with van der Waals surface area (Å²) >= 11 is 4.51. The minimum absolute atomic E-state index is 0. The van der Waals surface area contributed by atoms with Gasteiger partial charge in [0.2, 0.25) is 0 Å². The fourth-order valence-electron chi connectivity index (χ4n) is 1.88. The zero-order chi connectivity index (χ0) is 12.6. The van der Waals surface area contributed by atoms with Gasteiger partial charge in [0.05, 0.1) is 3.79 Å². The summed E-state index contributed by atoms with van der Waals surface area (Å²) in [7, 11) is -1.77. The lowest BCUT2D eigenvalue weighted by Crippen LogP contribution is -2.42. The molecule has 1 unspecified atom stereocenters. The summed E-state index contributed by atoms with van der Waals surface area (Å²) < 4.78 is 27.3. The molecule has 8 heteroatoms. The Bertz CT molecular complexity index is 502. The van der Waals surface area contributed by atoms with Crippen LogP contribution in [0.25, 0.3) is 0 Å². The van der Waals surface area contributed by atoms with Crippen LogP contribution in [0, 0.1) is 5.92 Å². The van der Waals surface area contributed by atoms with Crippen molar-refractivity contribution in [3.63, 3.8) is 0 Å². The van der Waals surface area contributed by atoms with E-state index in [-0.39, 0.29) is 18.4 Å². The maximum Gasteiger partial charge on any atom is 0.252 e. The van der Waals surface area contributed by atoms with Crippen molar-refractivity contribution < 1.29 is 8.42 Å². The van der Waals surface area contributed by atoms with Crippen LogP contribution >= 0.6 is 39.7 Å². The van der Waals surface area contributed by atoms with Crippen molar-refractivity contribution in [3.05, 3.63) is 15.9 Å². The number of halogens is 2. The molecule has 0 aromatic carbocycles.